The fraction of sp³-hybridized carbons (Fsp3) is 0.400. The number of nitrogens with zero attached hydrogens (tertiary/aromatic N) is 4. The van der Waals surface area contributed by atoms with E-state index < -0.39 is 0 Å². The van der Waals surface area contributed by atoms with E-state index in [9.17, 15) is 0 Å². The van der Waals surface area contributed by atoms with Gasteiger partial charge in [0.1, 0.15) is 11.9 Å². The summed E-state index contributed by atoms with van der Waals surface area (Å²) in [7, 11) is 0. The second kappa shape index (κ2) is 7.46. The van der Waals surface area contributed by atoms with Crippen LogP contribution in [0.3, 0.4) is 0 Å². The number of rotatable bonds is 4. The molecule has 0 unspecified atom stereocenters. The summed E-state index contributed by atoms with van der Waals surface area (Å²) >= 11 is 0. The molecule has 4 nitrogen and oxygen atoms in total. The zero-order chi connectivity index (χ0) is 16.9. The summed E-state index contributed by atoms with van der Waals surface area (Å²) in [4.78, 5) is 9.18. The molecule has 0 aliphatic carbocycles. The van der Waals surface area contributed by atoms with Crippen molar-refractivity contribution in [2.24, 2.45) is 0 Å². The van der Waals surface area contributed by atoms with Crippen molar-refractivity contribution in [2.75, 3.05) is 31.1 Å². The lowest BCUT2D eigenvalue weighted by Gasteiger charge is -2.35. The summed E-state index contributed by atoms with van der Waals surface area (Å²) in [5.74, 6) is 1.55. The summed E-state index contributed by atoms with van der Waals surface area (Å²) in [5.41, 5.74) is 3.39. The van der Waals surface area contributed by atoms with Crippen molar-refractivity contribution in [3.05, 3.63) is 59.3 Å². The van der Waals surface area contributed by atoms with E-state index in [0.29, 0.717) is 11.5 Å². The van der Waals surface area contributed by atoms with Gasteiger partial charge in [0, 0.05) is 38.9 Å². The Morgan fingerprint density at radius 3 is 2.29 bits per heavy atom. The van der Waals surface area contributed by atoms with Gasteiger partial charge in [-0.15, -0.1) is 0 Å². The molecular weight excluding hydrogens is 296 g/mol. The number of aromatic nitrogens is 1. The molecule has 4 heteroatoms. The van der Waals surface area contributed by atoms with Gasteiger partial charge in [-0.25, -0.2) is 4.98 Å². The van der Waals surface area contributed by atoms with E-state index in [4.69, 9.17) is 5.26 Å². The van der Waals surface area contributed by atoms with Gasteiger partial charge < -0.3 is 4.90 Å². The van der Waals surface area contributed by atoms with Crippen LogP contribution in [0.2, 0.25) is 0 Å². The molecule has 1 fully saturated rings. The van der Waals surface area contributed by atoms with Gasteiger partial charge in [-0.05, 0) is 29.2 Å². The lowest BCUT2D eigenvalue weighted by Crippen LogP contribution is -2.46. The highest BCUT2D eigenvalue weighted by molar-refractivity contribution is 5.42. The van der Waals surface area contributed by atoms with E-state index in [0.717, 1.165) is 38.5 Å². The zero-order valence-corrected chi connectivity index (χ0v) is 14.4. The van der Waals surface area contributed by atoms with Crippen LogP contribution in [0.15, 0.2) is 42.6 Å². The molecule has 3 rings (SSSR count). The van der Waals surface area contributed by atoms with Gasteiger partial charge in [0.25, 0.3) is 0 Å². The number of anilines is 1. The largest absolute Gasteiger partial charge is 0.354 e. The van der Waals surface area contributed by atoms with Crippen LogP contribution in [0.4, 0.5) is 5.82 Å². The van der Waals surface area contributed by atoms with Gasteiger partial charge in [-0.2, -0.15) is 5.26 Å². The molecule has 1 aromatic carbocycles. The van der Waals surface area contributed by atoms with Crippen LogP contribution >= 0.6 is 0 Å². The Morgan fingerprint density at radius 1 is 1.04 bits per heavy atom. The van der Waals surface area contributed by atoms with Crippen LogP contribution in [0.1, 0.15) is 36.5 Å². The van der Waals surface area contributed by atoms with Gasteiger partial charge in [-0.3, -0.25) is 4.90 Å². The molecule has 0 N–H and O–H groups in total. The SMILES string of the molecule is CC(C)c1ccc(CN2CCN(c3ccc(C#N)cn3)CC2)cc1. The van der Waals surface area contributed by atoms with Crippen molar-refractivity contribution < 1.29 is 0 Å². The van der Waals surface area contributed by atoms with Crippen LogP contribution in [0.25, 0.3) is 0 Å². The first-order chi connectivity index (χ1) is 11.7. The molecule has 0 radical (unpaired) electrons. The Labute approximate surface area is 144 Å². The molecule has 0 amide bonds. The van der Waals surface area contributed by atoms with Crippen LogP contribution < -0.4 is 4.90 Å². The third kappa shape index (κ3) is 3.93. The third-order valence-corrected chi connectivity index (χ3v) is 4.63. The second-order valence-corrected chi connectivity index (χ2v) is 6.68. The fourth-order valence-electron chi connectivity index (χ4n) is 3.04. The monoisotopic (exact) mass is 320 g/mol. The molecule has 0 saturated carbocycles. The maximum atomic E-state index is 8.85. The van der Waals surface area contributed by atoms with Gasteiger partial charge in [0.2, 0.25) is 0 Å². The van der Waals surface area contributed by atoms with Crippen LogP contribution in [0, 0.1) is 11.3 Å². The summed E-state index contributed by atoms with van der Waals surface area (Å²) < 4.78 is 0. The molecule has 0 spiro atoms. The van der Waals surface area contributed by atoms with E-state index in [1.54, 1.807) is 6.20 Å². The quantitative estimate of drug-likeness (QED) is 0.866. The van der Waals surface area contributed by atoms with Gasteiger partial charge in [-0.1, -0.05) is 38.1 Å². The van der Waals surface area contributed by atoms with Gasteiger partial charge in [0.15, 0.2) is 0 Å². The van der Waals surface area contributed by atoms with E-state index in [2.05, 4.69) is 59.0 Å². The molecule has 124 valence electrons. The smallest absolute Gasteiger partial charge is 0.128 e. The highest BCUT2D eigenvalue weighted by atomic mass is 15.3. The Kier molecular flexibility index (Phi) is 5.12. The van der Waals surface area contributed by atoms with Crippen molar-refractivity contribution in [3.63, 3.8) is 0 Å². The Hall–Kier alpha value is -2.38. The summed E-state index contributed by atoms with van der Waals surface area (Å²) in [6, 6.07) is 14.9. The highest BCUT2D eigenvalue weighted by Crippen LogP contribution is 2.18. The first-order valence-corrected chi connectivity index (χ1v) is 8.58. The average molecular weight is 320 g/mol. The minimum absolute atomic E-state index is 0.586. The summed E-state index contributed by atoms with van der Waals surface area (Å²) in [6.07, 6.45) is 1.65. The van der Waals surface area contributed by atoms with E-state index in [1.807, 2.05) is 12.1 Å². The zero-order valence-electron chi connectivity index (χ0n) is 14.4. The predicted molar refractivity (Wildman–Crippen MR) is 97.0 cm³/mol. The topological polar surface area (TPSA) is 43.2 Å². The molecule has 24 heavy (non-hydrogen) atoms. The van der Waals surface area contributed by atoms with E-state index in [1.165, 1.54) is 11.1 Å². The fourth-order valence-corrected chi connectivity index (χ4v) is 3.04. The molecule has 1 aromatic heterocycles. The standard InChI is InChI=1S/C20H24N4/c1-16(2)19-6-3-17(4-7-19)15-23-9-11-24(12-10-23)20-8-5-18(13-21)14-22-20/h3-8,14,16H,9-12,15H2,1-2H3. The second-order valence-electron chi connectivity index (χ2n) is 6.68. The molecule has 2 heterocycles. The highest BCUT2D eigenvalue weighted by Gasteiger charge is 2.18. The van der Waals surface area contributed by atoms with Crippen molar-refractivity contribution in [1.82, 2.24) is 9.88 Å². The average Bonchev–Trinajstić information content (AvgIpc) is 2.63. The Morgan fingerprint density at radius 2 is 1.75 bits per heavy atom. The Bertz CT molecular complexity index is 690. The molecule has 1 aliphatic rings. The molecule has 1 saturated heterocycles. The molecular formula is C20H24N4. The maximum absolute atomic E-state index is 8.85. The van der Waals surface area contributed by atoms with Crippen molar-refractivity contribution in [1.29, 1.82) is 5.26 Å². The maximum Gasteiger partial charge on any atom is 0.128 e. The number of benzene rings is 1. The number of piperazine rings is 1. The summed E-state index contributed by atoms with van der Waals surface area (Å²) in [6.45, 7) is 9.48. The van der Waals surface area contributed by atoms with E-state index in [-0.39, 0.29) is 0 Å². The minimum atomic E-state index is 0.586. The van der Waals surface area contributed by atoms with Gasteiger partial charge in [0.05, 0.1) is 5.56 Å². The minimum Gasteiger partial charge on any atom is -0.354 e. The Balaban J connectivity index is 1.54. The number of hydrogen-bond donors (Lipinski definition) is 0. The first kappa shape index (κ1) is 16.5. The van der Waals surface area contributed by atoms with Crippen molar-refractivity contribution >= 4 is 5.82 Å². The number of hydrogen-bond acceptors (Lipinski definition) is 4. The normalized spacial score (nSPS) is 15.5. The van der Waals surface area contributed by atoms with Gasteiger partial charge >= 0.3 is 0 Å². The van der Waals surface area contributed by atoms with Crippen molar-refractivity contribution in [3.8, 4) is 6.07 Å². The number of nitriles is 1. The summed E-state index contributed by atoms with van der Waals surface area (Å²) in [5, 5.41) is 8.85. The lowest BCUT2D eigenvalue weighted by molar-refractivity contribution is 0.249. The third-order valence-electron chi connectivity index (χ3n) is 4.63. The first-order valence-electron chi connectivity index (χ1n) is 8.58. The van der Waals surface area contributed by atoms with Crippen molar-refractivity contribution in [2.45, 2.75) is 26.3 Å². The lowest BCUT2D eigenvalue weighted by atomic mass is 10.0. The molecule has 1 aliphatic heterocycles. The number of pyridine rings is 1. The van der Waals surface area contributed by atoms with Crippen LogP contribution in [0.5, 0.6) is 0 Å². The molecule has 2 aromatic rings. The predicted octanol–water partition coefficient (Wildman–Crippen LogP) is 3.40. The van der Waals surface area contributed by atoms with Crippen LogP contribution in [-0.4, -0.2) is 36.1 Å². The van der Waals surface area contributed by atoms with Crippen LogP contribution in [-0.2, 0) is 6.54 Å². The van der Waals surface area contributed by atoms with E-state index >= 15 is 0 Å². The molecule has 0 atom stereocenters. The molecule has 0 bridgehead atoms.